The van der Waals surface area contributed by atoms with Gasteiger partial charge in [-0.05, 0) is 112 Å². The minimum atomic E-state index is -5.91. The quantitative estimate of drug-likeness (QED) is 0.379. The van der Waals surface area contributed by atoms with Crippen LogP contribution in [0.4, 0.5) is 8.78 Å². The van der Waals surface area contributed by atoms with E-state index in [4.69, 9.17) is 14.0 Å². The summed E-state index contributed by atoms with van der Waals surface area (Å²) in [5.41, 5.74) is -1.28. The number of alkyl halides is 2. The van der Waals surface area contributed by atoms with Gasteiger partial charge in [-0.3, -0.25) is 9.35 Å². The highest BCUT2D eigenvalue weighted by molar-refractivity contribution is 7.87. The van der Waals surface area contributed by atoms with Crippen LogP contribution in [0.15, 0.2) is 0 Å². The maximum atomic E-state index is 13.7. The average Bonchev–Trinajstić information content (AvgIpc) is 3.40. The standard InChI is InChI=1S/C26H36F2O7S/c1-14-2-19-17-5-18(20(6-17)21(19)3-14)7-22(29)35-25-10-15-4-16(11-25)9-24(8-15,12-25)13-34-23(30)26(27,28)36(31,32)33/h14-21H,2-13H2,1H3,(H,31,32,33). The fraction of sp³-hybridized carbons (Fsp3) is 0.923. The van der Waals surface area contributed by atoms with E-state index in [0.29, 0.717) is 37.5 Å². The minimum Gasteiger partial charge on any atom is -0.460 e. The second-order valence-electron chi connectivity index (χ2n) is 13.4. The van der Waals surface area contributed by atoms with Gasteiger partial charge in [0.2, 0.25) is 0 Å². The van der Waals surface area contributed by atoms with Crippen LogP contribution in [0.2, 0.25) is 0 Å². The van der Waals surface area contributed by atoms with Crippen molar-refractivity contribution in [2.45, 2.75) is 88.4 Å². The molecule has 0 aromatic rings. The van der Waals surface area contributed by atoms with E-state index in [1.54, 1.807) is 0 Å². The third-order valence-electron chi connectivity index (χ3n) is 10.8. The molecule has 8 atom stereocenters. The zero-order chi connectivity index (χ0) is 25.7. The Morgan fingerprint density at radius 1 is 0.972 bits per heavy atom. The zero-order valence-electron chi connectivity index (χ0n) is 20.7. The van der Waals surface area contributed by atoms with Gasteiger partial charge in [-0.2, -0.15) is 17.2 Å². The number of halogens is 2. The summed E-state index contributed by atoms with van der Waals surface area (Å²) in [6, 6.07) is 0. The van der Waals surface area contributed by atoms with Crippen molar-refractivity contribution in [3.05, 3.63) is 0 Å². The number of carbonyl (C=O) groups excluding carboxylic acids is 2. The van der Waals surface area contributed by atoms with Gasteiger partial charge in [0.1, 0.15) is 5.60 Å². The largest absolute Gasteiger partial charge is 0.465 e. The number of fused-ring (bicyclic) bond motifs is 5. The van der Waals surface area contributed by atoms with Crippen molar-refractivity contribution in [2.24, 2.45) is 52.8 Å². The Kier molecular flexibility index (Phi) is 5.63. The second-order valence-corrected chi connectivity index (χ2v) is 14.9. The molecule has 0 heterocycles. The van der Waals surface area contributed by atoms with Gasteiger partial charge in [-0.15, -0.1) is 0 Å². The topological polar surface area (TPSA) is 107 Å². The van der Waals surface area contributed by atoms with Crippen LogP contribution < -0.4 is 0 Å². The lowest BCUT2D eigenvalue weighted by atomic mass is 9.48. The van der Waals surface area contributed by atoms with Crippen LogP contribution in [0.1, 0.15) is 77.6 Å². The molecule has 0 saturated heterocycles. The Hall–Kier alpha value is -1.29. The summed E-state index contributed by atoms with van der Waals surface area (Å²) in [4.78, 5) is 25.0. The highest BCUT2D eigenvalue weighted by Gasteiger charge is 2.62. The van der Waals surface area contributed by atoms with Crippen LogP contribution in [-0.4, -0.2) is 42.4 Å². The predicted octanol–water partition coefficient (Wildman–Crippen LogP) is 4.60. The van der Waals surface area contributed by atoms with Crippen LogP contribution in [0.5, 0.6) is 0 Å². The lowest BCUT2D eigenvalue weighted by Crippen LogP contribution is -2.59. The summed E-state index contributed by atoms with van der Waals surface area (Å²) in [5.74, 6) is 2.23. The van der Waals surface area contributed by atoms with Crippen molar-refractivity contribution in [3.63, 3.8) is 0 Å². The molecular formula is C26H36F2O7S. The second kappa shape index (κ2) is 8.10. The highest BCUT2D eigenvalue weighted by Crippen LogP contribution is 2.64. The third kappa shape index (κ3) is 4.00. The first-order valence-corrected chi connectivity index (χ1v) is 15.0. The summed E-state index contributed by atoms with van der Waals surface area (Å²) in [6.07, 6.45) is 9.65. The Morgan fingerprint density at radius 2 is 1.64 bits per heavy atom. The van der Waals surface area contributed by atoms with Crippen molar-refractivity contribution in [1.82, 2.24) is 0 Å². The van der Waals surface area contributed by atoms with Crippen molar-refractivity contribution >= 4 is 22.1 Å². The van der Waals surface area contributed by atoms with Crippen molar-refractivity contribution in [3.8, 4) is 0 Å². The molecule has 0 aliphatic heterocycles. The number of ether oxygens (including phenoxy) is 2. The molecule has 0 aromatic carbocycles. The number of esters is 2. The van der Waals surface area contributed by atoms with E-state index in [0.717, 1.165) is 49.4 Å². The van der Waals surface area contributed by atoms with Gasteiger partial charge in [0, 0.05) is 11.8 Å². The minimum absolute atomic E-state index is 0.165. The monoisotopic (exact) mass is 530 g/mol. The predicted molar refractivity (Wildman–Crippen MR) is 123 cm³/mol. The molecule has 7 fully saturated rings. The van der Waals surface area contributed by atoms with Gasteiger partial charge >= 0.3 is 27.3 Å². The first kappa shape index (κ1) is 25.0. The van der Waals surface area contributed by atoms with Crippen molar-refractivity contribution in [1.29, 1.82) is 0 Å². The van der Waals surface area contributed by atoms with E-state index in [-0.39, 0.29) is 24.4 Å². The highest BCUT2D eigenvalue weighted by atomic mass is 32.2. The fourth-order valence-corrected chi connectivity index (χ4v) is 10.5. The van der Waals surface area contributed by atoms with Crippen LogP contribution in [0.25, 0.3) is 0 Å². The molecule has 7 aliphatic carbocycles. The summed E-state index contributed by atoms with van der Waals surface area (Å²) in [6.45, 7) is 1.97. The van der Waals surface area contributed by atoms with Crippen LogP contribution in [0, 0.1) is 52.8 Å². The Labute approximate surface area is 210 Å². The summed E-state index contributed by atoms with van der Waals surface area (Å²) in [7, 11) is -5.91. The van der Waals surface area contributed by atoms with Gasteiger partial charge in [-0.1, -0.05) is 6.92 Å². The maximum Gasteiger partial charge on any atom is 0.465 e. The number of hydrogen-bond donors (Lipinski definition) is 1. The Morgan fingerprint density at radius 3 is 2.31 bits per heavy atom. The normalized spacial score (nSPS) is 46.7. The zero-order valence-corrected chi connectivity index (χ0v) is 21.5. The summed E-state index contributed by atoms with van der Waals surface area (Å²) >= 11 is 0. The summed E-state index contributed by atoms with van der Waals surface area (Å²) < 4.78 is 69.0. The summed E-state index contributed by atoms with van der Waals surface area (Å²) in [5, 5.41) is -5.00. The van der Waals surface area contributed by atoms with E-state index in [1.165, 1.54) is 19.3 Å². The van der Waals surface area contributed by atoms with E-state index >= 15 is 0 Å². The van der Waals surface area contributed by atoms with Crippen molar-refractivity contribution in [2.75, 3.05) is 6.61 Å². The Balaban J connectivity index is 1.10. The van der Waals surface area contributed by atoms with E-state index in [9.17, 15) is 26.8 Å². The van der Waals surface area contributed by atoms with Crippen molar-refractivity contribution < 1.29 is 40.8 Å². The van der Waals surface area contributed by atoms with Gasteiger partial charge in [0.25, 0.3) is 0 Å². The lowest BCUT2D eigenvalue weighted by Gasteiger charge is -2.60. The Bertz CT molecular complexity index is 1040. The molecule has 6 bridgehead atoms. The molecule has 7 nitrogen and oxygen atoms in total. The molecule has 7 saturated carbocycles. The van der Waals surface area contributed by atoms with Crippen LogP contribution in [-0.2, 0) is 29.2 Å². The van der Waals surface area contributed by atoms with E-state index < -0.39 is 32.4 Å². The molecule has 10 heteroatoms. The van der Waals surface area contributed by atoms with E-state index in [1.807, 2.05) is 0 Å². The van der Waals surface area contributed by atoms with E-state index in [2.05, 4.69) is 6.92 Å². The van der Waals surface area contributed by atoms with Gasteiger partial charge < -0.3 is 9.47 Å². The first-order valence-electron chi connectivity index (χ1n) is 13.5. The lowest BCUT2D eigenvalue weighted by molar-refractivity contribution is -0.213. The van der Waals surface area contributed by atoms with Gasteiger partial charge in [0.15, 0.2) is 0 Å². The van der Waals surface area contributed by atoms with Crippen LogP contribution in [0.3, 0.4) is 0 Å². The first-order chi connectivity index (χ1) is 16.8. The smallest absolute Gasteiger partial charge is 0.460 e. The molecular weight excluding hydrogens is 494 g/mol. The fourth-order valence-electron chi connectivity index (χ4n) is 10.3. The van der Waals surface area contributed by atoms with Gasteiger partial charge in [0.05, 0.1) is 6.61 Å². The van der Waals surface area contributed by atoms with Crippen LogP contribution >= 0.6 is 0 Å². The number of rotatable bonds is 7. The molecule has 7 aliphatic rings. The molecule has 1 N–H and O–H groups in total. The average molecular weight is 531 g/mol. The van der Waals surface area contributed by atoms with Gasteiger partial charge in [-0.25, -0.2) is 4.79 Å². The molecule has 0 spiro atoms. The third-order valence-corrected chi connectivity index (χ3v) is 11.6. The molecule has 8 unspecified atom stereocenters. The molecule has 202 valence electrons. The molecule has 0 aromatic heterocycles. The number of carbonyl (C=O) groups is 2. The molecule has 36 heavy (non-hydrogen) atoms. The molecule has 0 radical (unpaired) electrons. The maximum absolute atomic E-state index is 13.7. The molecule has 7 rings (SSSR count). The molecule has 0 amide bonds. The SMILES string of the molecule is CC1CC2C3CC(CC(=O)OC45CC6CC(CC(COC(=O)C(F)(F)S(=O)(=O)O)(C6)C4)C5)C(C3)C2C1. The number of hydrogen-bond acceptors (Lipinski definition) is 6.